The second-order valence-electron chi connectivity index (χ2n) is 5.18. The standard InChI is InChI=1S/C14H19NO6S/c1-4-9(2)12(14(16)17)15(3)22(18,19)11-7-5-6-10-13(11)21-8-20-10/h5-7,9,12H,4,8H2,1-3H3,(H,16,17). The molecule has 2 atom stereocenters. The van der Waals surface area contributed by atoms with Gasteiger partial charge < -0.3 is 14.6 Å². The van der Waals surface area contributed by atoms with Crippen molar-refractivity contribution in [1.29, 1.82) is 0 Å². The number of fused-ring (bicyclic) bond motifs is 1. The summed E-state index contributed by atoms with van der Waals surface area (Å²) in [5, 5.41) is 9.39. The number of ether oxygens (including phenoxy) is 2. The van der Waals surface area contributed by atoms with Crippen molar-refractivity contribution < 1.29 is 27.8 Å². The van der Waals surface area contributed by atoms with Crippen LogP contribution in [0.3, 0.4) is 0 Å². The second-order valence-corrected chi connectivity index (χ2v) is 7.15. The molecule has 0 saturated carbocycles. The van der Waals surface area contributed by atoms with Crippen LogP contribution in [0.15, 0.2) is 23.1 Å². The van der Waals surface area contributed by atoms with Gasteiger partial charge in [0.15, 0.2) is 11.5 Å². The van der Waals surface area contributed by atoms with Crippen LogP contribution in [0.2, 0.25) is 0 Å². The van der Waals surface area contributed by atoms with E-state index in [4.69, 9.17) is 9.47 Å². The summed E-state index contributed by atoms with van der Waals surface area (Å²) in [6.45, 7) is 3.47. The van der Waals surface area contributed by atoms with E-state index in [1.54, 1.807) is 13.0 Å². The van der Waals surface area contributed by atoms with Crippen LogP contribution in [0.25, 0.3) is 0 Å². The maximum atomic E-state index is 12.8. The Morgan fingerprint density at radius 2 is 2.09 bits per heavy atom. The van der Waals surface area contributed by atoms with Crippen LogP contribution in [0.5, 0.6) is 11.5 Å². The monoisotopic (exact) mass is 329 g/mol. The Hall–Kier alpha value is -1.80. The predicted molar refractivity (Wildman–Crippen MR) is 78.4 cm³/mol. The summed E-state index contributed by atoms with van der Waals surface area (Å²) in [6, 6.07) is 3.38. The Balaban J connectivity index is 2.46. The van der Waals surface area contributed by atoms with Gasteiger partial charge in [-0.3, -0.25) is 4.79 Å². The minimum Gasteiger partial charge on any atom is -0.480 e. The largest absolute Gasteiger partial charge is 0.480 e. The summed E-state index contributed by atoms with van der Waals surface area (Å²) >= 11 is 0. The smallest absolute Gasteiger partial charge is 0.322 e. The van der Waals surface area contributed by atoms with E-state index < -0.39 is 22.0 Å². The summed E-state index contributed by atoms with van der Waals surface area (Å²) in [7, 11) is -2.74. The molecule has 122 valence electrons. The quantitative estimate of drug-likeness (QED) is 0.851. The zero-order valence-corrected chi connectivity index (χ0v) is 13.5. The lowest BCUT2D eigenvalue weighted by atomic mass is 10.00. The van der Waals surface area contributed by atoms with Crippen molar-refractivity contribution >= 4 is 16.0 Å². The van der Waals surface area contributed by atoms with Crippen molar-refractivity contribution in [2.75, 3.05) is 13.8 Å². The van der Waals surface area contributed by atoms with Gasteiger partial charge in [-0.1, -0.05) is 26.3 Å². The summed E-state index contributed by atoms with van der Waals surface area (Å²) in [6.07, 6.45) is 0.545. The first-order valence-corrected chi connectivity index (χ1v) is 8.34. The number of carboxylic acids is 1. The number of carbonyl (C=O) groups is 1. The van der Waals surface area contributed by atoms with Gasteiger partial charge in [-0.2, -0.15) is 4.31 Å². The lowest BCUT2D eigenvalue weighted by molar-refractivity contribution is -0.142. The Labute approximate surface area is 129 Å². The van der Waals surface area contributed by atoms with Crippen LogP contribution >= 0.6 is 0 Å². The zero-order chi connectivity index (χ0) is 16.5. The fourth-order valence-electron chi connectivity index (χ4n) is 2.39. The van der Waals surface area contributed by atoms with E-state index in [9.17, 15) is 18.3 Å². The molecule has 0 fully saturated rings. The Bertz CT molecular complexity index is 672. The van der Waals surface area contributed by atoms with E-state index >= 15 is 0 Å². The van der Waals surface area contributed by atoms with Crippen molar-refractivity contribution in [1.82, 2.24) is 4.31 Å². The molecule has 0 amide bonds. The first-order chi connectivity index (χ1) is 10.3. The molecule has 2 unspecified atom stereocenters. The lowest BCUT2D eigenvalue weighted by Crippen LogP contribution is -2.46. The molecule has 22 heavy (non-hydrogen) atoms. The van der Waals surface area contributed by atoms with Crippen molar-refractivity contribution in [3.63, 3.8) is 0 Å². The fourth-order valence-corrected chi connectivity index (χ4v) is 3.94. The summed E-state index contributed by atoms with van der Waals surface area (Å²) in [4.78, 5) is 11.4. The molecule has 1 aromatic carbocycles. The average Bonchev–Trinajstić information content (AvgIpc) is 2.94. The van der Waals surface area contributed by atoms with Crippen LogP contribution in [-0.4, -0.2) is 43.7 Å². The number of sulfonamides is 1. The third-order valence-corrected chi connectivity index (χ3v) is 5.71. The van der Waals surface area contributed by atoms with E-state index in [1.165, 1.54) is 19.2 Å². The van der Waals surface area contributed by atoms with Gasteiger partial charge in [0.25, 0.3) is 0 Å². The molecule has 1 heterocycles. The van der Waals surface area contributed by atoms with E-state index in [-0.39, 0.29) is 23.4 Å². The van der Waals surface area contributed by atoms with Gasteiger partial charge in [0.05, 0.1) is 0 Å². The molecular weight excluding hydrogens is 310 g/mol. The van der Waals surface area contributed by atoms with Crippen LogP contribution < -0.4 is 9.47 Å². The SMILES string of the molecule is CCC(C)C(C(=O)O)N(C)S(=O)(=O)c1cccc2c1OCO2. The average molecular weight is 329 g/mol. The summed E-state index contributed by atoms with van der Waals surface area (Å²) in [5.41, 5.74) is 0. The highest BCUT2D eigenvalue weighted by molar-refractivity contribution is 7.89. The van der Waals surface area contributed by atoms with Gasteiger partial charge in [0, 0.05) is 7.05 Å². The van der Waals surface area contributed by atoms with Crippen LogP contribution in [0.1, 0.15) is 20.3 Å². The number of benzene rings is 1. The maximum Gasteiger partial charge on any atom is 0.322 e. The molecule has 0 radical (unpaired) electrons. The van der Waals surface area contributed by atoms with Crippen molar-refractivity contribution in [2.45, 2.75) is 31.2 Å². The molecule has 0 aromatic heterocycles. The molecule has 8 heteroatoms. The Morgan fingerprint density at radius 1 is 1.41 bits per heavy atom. The number of aliphatic carboxylic acids is 1. The third-order valence-electron chi connectivity index (χ3n) is 3.85. The number of rotatable bonds is 6. The first-order valence-electron chi connectivity index (χ1n) is 6.90. The summed E-state index contributed by atoms with van der Waals surface area (Å²) in [5.74, 6) is -1.04. The predicted octanol–water partition coefficient (Wildman–Crippen LogP) is 1.54. The molecule has 7 nitrogen and oxygen atoms in total. The molecule has 1 N–H and O–H groups in total. The number of hydrogen-bond donors (Lipinski definition) is 1. The highest BCUT2D eigenvalue weighted by Gasteiger charge is 2.38. The molecule has 2 rings (SSSR count). The van der Waals surface area contributed by atoms with E-state index in [0.29, 0.717) is 12.2 Å². The van der Waals surface area contributed by atoms with Gasteiger partial charge in [0.2, 0.25) is 16.8 Å². The van der Waals surface area contributed by atoms with E-state index in [0.717, 1.165) is 4.31 Å². The Morgan fingerprint density at radius 3 is 2.68 bits per heavy atom. The fraction of sp³-hybridized carbons (Fsp3) is 0.500. The van der Waals surface area contributed by atoms with Gasteiger partial charge in [0.1, 0.15) is 10.9 Å². The molecule has 1 aliphatic heterocycles. The molecule has 0 saturated heterocycles. The first kappa shape index (κ1) is 16.6. The van der Waals surface area contributed by atoms with Crippen LogP contribution in [-0.2, 0) is 14.8 Å². The van der Waals surface area contributed by atoms with Gasteiger partial charge in [-0.05, 0) is 18.1 Å². The number of carboxylic acid groups (broad SMARTS) is 1. The maximum absolute atomic E-state index is 12.8. The third kappa shape index (κ3) is 2.76. The number of nitrogens with zero attached hydrogens (tertiary/aromatic N) is 1. The molecule has 1 aromatic rings. The molecule has 0 spiro atoms. The van der Waals surface area contributed by atoms with Gasteiger partial charge in [-0.15, -0.1) is 0 Å². The molecule has 0 aliphatic carbocycles. The van der Waals surface area contributed by atoms with Crippen molar-refractivity contribution in [2.24, 2.45) is 5.92 Å². The van der Waals surface area contributed by atoms with E-state index in [2.05, 4.69) is 0 Å². The highest BCUT2D eigenvalue weighted by Crippen LogP contribution is 2.39. The minimum absolute atomic E-state index is 0.0562. The topological polar surface area (TPSA) is 93.1 Å². The Kier molecular flexibility index (Phi) is 4.62. The number of para-hydroxylation sites is 1. The van der Waals surface area contributed by atoms with Gasteiger partial charge in [-0.25, -0.2) is 8.42 Å². The minimum atomic E-state index is -4.02. The molecular formula is C14H19NO6S. The summed E-state index contributed by atoms with van der Waals surface area (Å²) < 4.78 is 36.8. The highest BCUT2D eigenvalue weighted by atomic mass is 32.2. The lowest BCUT2D eigenvalue weighted by Gasteiger charge is -2.28. The molecule has 1 aliphatic rings. The van der Waals surface area contributed by atoms with Crippen molar-refractivity contribution in [3.05, 3.63) is 18.2 Å². The van der Waals surface area contributed by atoms with Crippen LogP contribution in [0, 0.1) is 5.92 Å². The number of hydrogen-bond acceptors (Lipinski definition) is 5. The van der Waals surface area contributed by atoms with Gasteiger partial charge >= 0.3 is 5.97 Å². The zero-order valence-electron chi connectivity index (χ0n) is 12.6. The number of likely N-dealkylation sites (N-methyl/N-ethyl adjacent to an activating group) is 1. The second kappa shape index (κ2) is 6.13. The van der Waals surface area contributed by atoms with Crippen LogP contribution in [0.4, 0.5) is 0 Å². The van der Waals surface area contributed by atoms with E-state index in [1.807, 2.05) is 6.92 Å². The normalized spacial score (nSPS) is 16.5. The molecule has 0 bridgehead atoms. The van der Waals surface area contributed by atoms with Crippen molar-refractivity contribution in [3.8, 4) is 11.5 Å².